The number of hydrogen-bond acceptors (Lipinski definition) is 3. The Labute approximate surface area is 112 Å². The summed E-state index contributed by atoms with van der Waals surface area (Å²) in [6.07, 6.45) is 3.10. The van der Waals surface area contributed by atoms with E-state index < -0.39 is 0 Å². The quantitative estimate of drug-likeness (QED) is 0.824. The molecule has 0 unspecified atom stereocenters. The zero-order valence-electron chi connectivity index (χ0n) is 10.7. The summed E-state index contributed by atoms with van der Waals surface area (Å²) in [5, 5.41) is 9.49. The summed E-state index contributed by atoms with van der Waals surface area (Å²) >= 11 is 0. The van der Waals surface area contributed by atoms with Crippen LogP contribution in [-0.4, -0.2) is 34.5 Å². The van der Waals surface area contributed by atoms with Crippen LogP contribution in [0, 0.1) is 5.92 Å². The maximum atomic E-state index is 12.2. The summed E-state index contributed by atoms with van der Waals surface area (Å²) in [5.74, 6) is -0.0240. The van der Waals surface area contributed by atoms with E-state index >= 15 is 0 Å². The van der Waals surface area contributed by atoms with Crippen LogP contribution in [0.2, 0.25) is 0 Å². The topological polar surface area (TPSA) is 57.6 Å². The normalized spacial score (nSPS) is 26.7. The highest BCUT2D eigenvalue weighted by atomic mass is 16.3. The molecule has 2 aliphatic rings. The van der Waals surface area contributed by atoms with Crippen molar-refractivity contribution < 1.29 is 14.7 Å². The second-order valence-corrected chi connectivity index (χ2v) is 5.44. The van der Waals surface area contributed by atoms with E-state index in [1.165, 1.54) is 4.90 Å². The molecule has 1 aromatic rings. The third-order valence-electron chi connectivity index (χ3n) is 4.14. The fourth-order valence-corrected chi connectivity index (χ4v) is 2.99. The van der Waals surface area contributed by atoms with Gasteiger partial charge in [-0.1, -0.05) is 12.1 Å². The lowest BCUT2D eigenvalue weighted by molar-refractivity contribution is 0.0575. The molecule has 4 heteroatoms. The number of benzene rings is 1. The highest BCUT2D eigenvalue weighted by Gasteiger charge is 2.36. The molecular formula is C15H17NO3. The van der Waals surface area contributed by atoms with E-state index in [1.807, 2.05) is 0 Å². The summed E-state index contributed by atoms with van der Waals surface area (Å²) in [6, 6.07) is 6.98. The third kappa shape index (κ3) is 2.16. The predicted molar refractivity (Wildman–Crippen MR) is 69.8 cm³/mol. The van der Waals surface area contributed by atoms with E-state index in [2.05, 4.69) is 0 Å². The van der Waals surface area contributed by atoms with E-state index in [0.717, 1.165) is 25.7 Å². The first-order valence-corrected chi connectivity index (χ1v) is 6.80. The van der Waals surface area contributed by atoms with Crippen molar-refractivity contribution in [2.75, 3.05) is 6.54 Å². The fourth-order valence-electron chi connectivity index (χ4n) is 2.99. The first-order valence-electron chi connectivity index (χ1n) is 6.80. The molecule has 100 valence electrons. The average molecular weight is 259 g/mol. The van der Waals surface area contributed by atoms with Gasteiger partial charge < -0.3 is 5.11 Å². The number of hydrogen-bond donors (Lipinski definition) is 1. The lowest BCUT2D eigenvalue weighted by atomic mass is 9.87. The minimum atomic E-state index is -0.210. The Balaban J connectivity index is 1.74. The van der Waals surface area contributed by atoms with Crippen LogP contribution in [-0.2, 0) is 0 Å². The molecule has 1 saturated carbocycles. The number of amides is 2. The van der Waals surface area contributed by atoms with Crippen LogP contribution in [0.1, 0.15) is 46.4 Å². The first-order chi connectivity index (χ1) is 9.16. The van der Waals surface area contributed by atoms with Crippen LogP contribution < -0.4 is 0 Å². The molecule has 0 spiro atoms. The number of nitrogens with zero attached hydrogens (tertiary/aromatic N) is 1. The monoisotopic (exact) mass is 259 g/mol. The summed E-state index contributed by atoms with van der Waals surface area (Å²) in [5.41, 5.74) is 1.03. The molecule has 1 aliphatic heterocycles. The van der Waals surface area contributed by atoms with Gasteiger partial charge in [-0.2, -0.15) is 0 Å². The lowest BCUT2D eigenvalue weighted by Crippen LogP contribution is -2.36. The van der Waals surface area contributed by atoms with E-state index in [4.69, 9.17) is 0 Å². The first kappa shape index (κ1) is 12.4. The molecule has 0 saturated heterocycles. The van der Waals surface area contributed by atoms with Crippen LogP contribution in [0.3, 0.4) is 0 Å². The highest BCUT2D eigenvalue weighted by molar-refractivity contribution is 6.21. The SMILES string of the molecule is O=C1c2ccccc2C(=O)N1CC1CCC(O)CC1. The van der Waals surface area contributed by atoms with Gasteiger partial charge in [-0.3, -0.25) is 14.5 Å². The Kier molecular flexibility index (Phi) is 3.11. The molecule has 0 radical (unpaired) electrons. The molecule has 19 heavy (non-hydrogen) atoms. The average Bonchev–Trinajstić information content (AvgIpc) is 2.67. The molecular weight excluding hydrogens is 242 g/mol. The van der Waals surface area contributed by atoms with Crippen molar-refractivity contribution in [1.29, 1.82) is 0 Å². The van der Waals surface area contributed by atoms with Gasteiger partial charge >= 0.3 is 0 Å². The molecule has 3 rings (SSSR count). The van der Waals surface area contributed by atoms with Gasteiger partial charge in [0, 0.05) is 6.54 Å². The summed E-state index contributed by atoms with van der Waals surface area (Å²) in [6.45, 7) is 0.485. The maximum Gasteiger partial charge on any atom is 0.261 e. The Morgan fingerprint density at radius 1 is 1.00 bits per heavy atom. The molecule has 0 bridgehead atoms. The van der Waals surface area contributed by atoms with E-state index in [1.54, 1.807) is 24.3 Å². The lowest BCUT2D eigenvalue weighted by Gasteiger charge is -2.28. The van der Waals surface area contributed by atoms with Crippen molar-refractivity contribution in [1.82, 2.24) is 4.90 Å². The van der Waals surface area contributed by atoms with Crippen molar-refractivity contribution in [2.24, 2.45) is 5.92 Å². The largest absolute Gasteiger partial charge is 0.393 e. The van der Waals surface area contributed by atoms with Crippen molar-refractivity contribution in [3.05, 3.63) is 35.4 Å². The van der Waals surface area contributed by atoms with Crippen molar-refractivity contribution >= 4 is 11.8 Å². The molecule has 1 heterocycles. The van der Waals surface area contributed by atoms with Gasteiger partial charge in [-0.25, -0.2) is 0 Å². The van der Waals surface area contributed by atoms with Gasteiger partial charge in [-0.05, 0) is 43.7 Å². The molecule has 1 aliphatic carbocycles. The fraction of sp³-hybridized carbons (Fsp3) is 0.467. The smallest absolute Gasteiger partial charge is 0.261 e. The Morgan fingerprint density at radius 3 is 2.05 bits per heavy atom. The second kappa shape index (κ2) is 4.78. The number of carbonyl (C=O) groups excluding carboxylic acids is 2. The molecule has 1 aromatic carbocycles. The number of carbonyl (C=O) groups is 2. The molecule has 0 atom stereocenters. The summed E-state index contributed by atoms with van der Waals surface area (Å²) in [4.78, 5) is 25.8. The molecule has 1 N–H and O–H groups in total. The number of fused-ring (bicyclic) bond motifs is 1. The van der Waals surface area contributed by atoms with Gasteiger partial charge in [0.25, 0.3) is 11.8 Å². The molecule has 2 amide bonds. The van der Waals surface area contributed by atoms with Crippen LogP contribution in [0.15, 0.2) is 24.3 Å². The van der Waals surface area contributed by atoms with Crippen molar-refractivity contribution in [3.8, 4) is 0 Å². The van der Waals surface area contributed by atoms with Gasteiger partial charge in [0.15, 0.2) is 0 Å². The van der Waals surface area contributed by atoms with Crippen molar-refractivity contribution in [2.45, 2.75) is 31.8 Å². The minimum Gasteiger partial charge on any atom is -0.393 e. The van der Waals surface area contributed by atoms with Gasteiger partial charge in [0.1, 0.15) is 0 Å². The Morgan fingerprint density at radius 2 is 1.53 bits per heavy atom. The number of rotatable bonds is 2. The Hall–Kier alpha value is -1.68. The van der Waals surface area contributed by atoms with Gasteiger partial charge in [-0.15, -0.1) is 0 Å². The number of imide groups is 1. The van der Waals surface area contributed by atoms with Crippen LogP contribution in [0.4, 0.5) is 0 Å². The second-order valence-electron chi connectivity index (χ2n) is 5.44. The van der Waals surface area contributed by atoms with E-state index in [-0.39, 0.29) is 17.9 Å². The zero-order chi connectivity index (χ0) is 13.4. The van der Waals surface area contributed by atoms with Crippen LogP contribution in [0.5, 0.6) is 0 Å². The number of aliphatic hydroxyl groups excluding tert-OH is 1. The van der Waals surface area contributed by atoms with Crippen molar-refractivity contribution in [3.63, 3.8) is 0 Å². The standard InChI is InChI=1S/C15H17NO3/c17-11-7-5-10(6-8-11)9-16-14(18)12-3-1-2-4-13(12)15(16)19/h1-4,10-11,17H,5-9H2. The van der Waals surface area contributed by atoms with E-state index in [9.17, 15) is 14.7 Å². The van der Waals surface area contributed by atoms with Gasteiger partial charge in [0.2, 0.25) is 0 Å². The zero-order valence-corrected chi connectivity index (χ0v) is 10.7. The Bertz CT molecular complexity index is 483. The number of aliphatic hydroxyl groups is 1. The maximum absolute atomic E-state index is 12.2. The van der Waals surface area contributed by atoms with Crippen LogP contribution >= 0.6 is 0 Å². The molecule has 4 nitrogen and oxygen atoms in total. The molecule has 1 fully saturated rings. The summed E-state index contributed by atoms with van der Waals surface area (Å²) < 4.78 is 0. The van der Waals surface area contributed by atoms with Gasteiger partial charge in [0.05, 0.1) is 17.2 Å². The predicted octanol–water partition coefficient (Wildman–Crippen LogP) is 1.83. The highest BCUT2D eigenvalue weighted by Crippen LogP contribution is 2.29. The van der Waals surface area contributed by atoms with Crippen LogP contribution in [0.25, 0.3) is 0 Å². The minimum absolute atomic E-state index is 0.174. The summed E-state index contributed by atoms with van der Waals surface area (Å²) in [7, 11) is 0. The van der Waals surface area contributed by atoms with E-state index in [0.29, 0.717) is 23.6 Å². The molecule has 0 aromatic heterocycles. The third-order valence-corrected chi connectivity index (χ3v) is 4.14.